The molecule has 0 aliphatic carbocycles. The van der Waals surface area contributed by atoms with Crippen LogP contribution in [0.4, 0.5) is 15.8 Å². The van der Waals surface area contributed by atoms with Crippen molar-refractivity contribution < 1.29 is 14.1 Å². The van der Waals surface area contributed by atoms with Gasteiger partial charge in [-0.05, 0) is 36.8 Å². The molecule has 21 heavy (non-hydrogen) atoms. The van der Waals surface area contributed by atoms with Crippen LogP contribution < -0.4 is 5.32 Å². The molecule has 7 heteroatoms. The highest BCUT2D eigenvalue weighted by molar-refractivity contribution is 6.34. The van der Waals surface area contributed by atoms with E-state index in [2.05, 4.69) is 5.32 Å². The maximum Gasteiger partial charge on any atom is 0.270 e. The van der Waals surface area contributed by atoms with Crippen LogP contribution in [0.3, 0.4) is 0 Å². The van der Waals surface area contributed by atoms with Crippen molar-refractivity contribution >= 4 is 28.9 Å². The summed E-state index contributed by atoms with van der Waals surface area (Å²) >= 11 is 5.88. The van der Waals surface area contributed by atoms with Gasteiger partial charge in [0.1, 0.15) is 5.82 Å². The Balaban J connectivity index is 2.29. The second kappa shape index (κ2) is 5.88. The first kappa shape index (κ1) is 14.9. The summed E-state index contributed by atoms with van der Waals surface area (Å²) in [6.45, 7) is 1.56. The van der Waals surface area contributed by atoms with Crippen LogP contribution in [-0.4, -0.2) is 10.8 Å². The number of hydrogen-bond donors (Lipinski definition) is 1. The lowest BCUT2D eigenvalue weighted by atomic mass is 10.1. The number of nitrogens with zero attached hydrogens (tertiary/aromatic N) is 1. The van der Waals surface area contributed by atoms with Gasteiger partial charge in [-0.25, -0.2) is 4.39 Å². The molecule has 0 aromatic heterocycles. The minimum absolute atomic E-state index is 0.0205. The molecule has 0 bridgehead atoms. The second-order valence-electron chi connectivity index (χ2n) is 4.34. The number of carbonyl (C=O) groups excluding carboxylic acids is 1. The van der Waals surface area contributed by atoms with Gasteiger partial charge in [0.05, 0.1) is 15.5 Å². The number of benzene rings is 2. The van der Waals surface area contributed by atoms with Gasteiger partial charge >= 0.3 is 0 Å². The summed E-state index contributed by atoms with van der Waals surface area (Å²) in [6.07, 6.45) is 0. The maximum absolute atomic E-state index is 13.2. The van der Waals surface area contributed by atoms with Crippen LogP contribution in [0.2, 0.25) is 5.02 Å². The zero-order chi connectivity index (χ0) is 15.6. The van der Waals surface area contributed by atoms with Crippen LogP contribution in [-0.2, 0) is 0 Å². The van der Waals surface area contributed by atoms with E-state index in [1.807, 2.05) is 0 Å². The number of nitrogens with one attached hydrogen (secondary N) is 1. The van der Waals surface area contributed by atoms with Crippen molar-refractivity contribution in [1.82, 2.24) is 0 Å². The number of halogens is 2. The van der Waals surface area contributed by atoms with E-state index in [4.69, 9.17) is 11.6 Å². The van der Waals surface area contributed by atoms with Gasteiger partial charge in [0, 0.05) is 17.8 Å². The number of nitro groups is 1. The Morgan fingerprint density at radius 3 is 2.62 bits per heavy atom. The molecule has 2 aromatic carbocycles. The van der Waals surface area contributed by atoms with E-state index >= 15 is 0 Å². The zero-order valence-corrected chi connectivity index (χ0v) is 11.6. The summed E-state index contributed by atoms with van der Waals surface area (Å²) in [5.41, 5.74) is 0.493. The van der Waals surface area contributed by atoms with E-state index < -0.39 is 10.8 Å². The molecule has 0 heterocycles. The fourth-order valence-corrected chi connectivity index (χ4v) is 1.93. The minimum Gasteiger partial charge on any atom is -0.322 e. The quantitative estimate of drug-likeness (QED) is 0.689. The normalized spacial score (nSPS) is 10.2. The molecular weight excluding hydrogens is 299 g/mol. The van der Waals surface area contributed by atoms with Crippen LogP contribution in [0.1, 0.15) is 15.9 Å². The predicted octanol–water partition coefficient (Wildman–Crippen LogP) is 3.95. The standard InChI is InChI=1S/C14H10ClFN2O3/c1-8-6-9(2-5-13(8)16)17-14(19)11-7-10(18(20)21)3-4-12(11)15/h2-7H,1H3,(H,17,19). The third kappa shape index (κ3) is 3.35. The molecule has 0 atom stereocenters. The van der Waals surface area contributed by atoms with Crippen molar-refractivity contribution in [2.45, 2.75) is 6.92 Å². The molecule has 2 aromatic rings. The van der Waals surface area contributed by atoms with Crippen molar-refractivity contribution in [2.24, 2.45) is 0 Å². The van der Waals surface area contributed by atoms with E-state index in [-0.39, 0.29) is 22.1 Å². The van der Waals surface area contributed by atoms with Crippen molar-refractivity contribution in [2.75, 3.05) is 5.32 Å². The minimum atomic E-state index is -0.616. The van der Waals surface area contributed by atoms with E-state index in [1.165, 1.54) is 30.3 Å². The average Bonchev–Trinajstić information content (AvgIpc) is 2.43. The highest BCUT2D eigenvalue weighted by Crippen LogP contribution is 2.23. The third-order valence-corrected chi connectivity index (χ3v) is 3.15. The van der Waals surface area contributed by atoms with Gasteiger partial charge in [0.25, 0.3) is 11.6 Å². The Hall–Kier alpha value is -2.47. The number of non-ortho nitro benzene ring substituents is 1. The Kier molecular flexibility index (Phi) is 4.18. The summed E-state index contributed by atoms with van der Waals surface area (Å²) in [7, 11) is 0. The highest BCUT2D eigenvalue weighted by atomic mass is 35.5. The molecule has 0 spiro atoms. The fraction of sp³-hybridized carbons (Fsp3) is 0.0714. The smallest absolute Gasteiger partial charge is 0.270 e. The van der Waals surface area contributed by atoms with Gasteiger partial charge in [-0.15, -0.1) is 0 Å². The maximum atomic E-state index is 13.2. The lowest BCUT2D eigenvalue weighted by Gasteiger charge is -2.08. The molecule has 0 radical (unpaired) electrons. The molecule has 0 aliphatic rings. The Bertz CT molecular complexity index is 734. The number of hydrogen-bond acceptors (Lipinski definition) is 3. The highest BCUT2D eigenvalue weighted by Gasteiger charge is 2.16. The lowest BCUT2D eigenvalue weighted by molar-refractivity contribution is -0.384. The first-order valence-electron chi connectivity index (χ1n) is 5.90. The van der Waals surface area contributed by atoms with E-state index in [0.29, 0.717) is 11.3 Å². The molecular formula is C14H10ClFN2O3. The largest absolute Gasteiger partial charge is 0.322 e. The van der Waals surface area contributed by atoms with Crippen molar-refractivity contribution in [3.05, 3.63) is 68.5 Å². The summed E-state index contributed by atoms with van der Waals surface area (Å²) in [5.74, 6) is -0.990. The molecule has 1 amide bonds. The van der Waals surface area contributed by atoms with E-state index in [9.17, 15) is 19.3 Å². The Morgan fingerprint density at radius 2 is 2.00 bits per heavy atom. The van der Waals surface area contributed by atoms with Gasteiger partial charge in [-0.2, -0.15) is 0 Å². The topological polar surface area (TPSA) is 72.2 Å². The number of carbonyl (C=O) groups is 1. The molecule has 0 saturated heterocycles. The predicted molar refractivity (Wildman–Crippen MR) is 77.2 cm³/mol. The summed E-state index contributed by atoms with van der Waals surface area (Å²) < 4.78 is 13.2. The summed E-state index contributed by atoms with van der Waals surface area (Å²) in [4.78, 5) is 22.2. The SMILES string of the molecule is Cc1cc(NC(=O)c2cc([N+](=O)[O-])ccc2Cl)ccc1F. The van der Waals surface area contributed by atoms with Crippen molar-refractivity contribution in [1.29, 1.82) is 0 Å². The number of aryl methyl sites for hydroxylation is 1. The van der Waals surface area contributed by atoms with Gasteiger partial charge in [-0.1, -0.05) is 11.6 Å². The van der Waals surface area contributed by atoms with Crippen LogP contribution in [0, 0.1) is 22.9 Å². The molecule has 1 N–H and O–H groups in total. The third-order valence-electron chi connectivity index (χ3n) is 2.82. The van der Waals surface area contributed by atoms with E-state index in [0.717, 1.165) is 6.07 Å². The van der Waals surface area contributed by atoms with E-state index in [1.54, 1.807) is 6.92 Å². The molecule has 0 aliphatic heterocycles. The number of amides is 1. The van der Waals surface area contributed by atoms with Gasteiger partial charge < -0.3 is 5.32 Å². The van der Waals surface area contributed by atoms with Crippen molar-refractivity contribution in [3.63, 3.8) is 0 Å². The van der Waals surface area contributed by atoms with Crippen LogP contribution >= 0.6 is 11.6 Å². The fourth-order valence-electron chi connectivity index (χ4n) is 1.72. The second-order valence-corrected chi connectivity index (χ2v) is 4.75. The van der Waals surface area contributed by atoms with Crippen LogP contribution in [0.25, 0.3) is 0 Å². The van der Waals surface area contributed by atoms with Crippen molar-refractivity contribution in [3.8, 4) is 0 Å². The molecule has 0 fully saturated rings. The number of rotatable bonds is 3. The first-order chi connectivity index (χ1) is 9.88. The number of nitro benzene ring substituents is 1. The lowest BCUT2D eigenvalue weighted by Crippen LogP contribution is -2.13. The molecule has 108 valence electrons. The molecule has 5 nitrogen and oxygen atoms in total. The van der Waals surface area contributed by atoms with Gasteiger partial charge in [0.15, 0.2) is 0 Å². The van der Waals surface area contributed by atoms with Gasteiger partial charge in [-0.3, -0.25) is 14.9 Å². The van der Waals surface area contributed by atoms with Crippen LogP contribution in [0.5, 0.6) is 0 Å². The first-order valence-corrected chi connectivity index (χ1v) is 6.27. The average molecular weight is 309 g/mol. The monoisotopic (exact) mass is 308 g/mol. The molecule has 0 saturated carbocycles. The summed E-state index contributed by atoms with van der Waals surface area (Å²) in [5, 5.41) is 13.3. The zero-order valence-electron chi connectivity index (χ0n) is 10.9. The Morgan fingerprint density at radius 1 is 1.29 bits per heavy atom. The Labute approximate surface area is 124 Å². The van der Waals surface area contributed by atoms with Gasteiger partial charge in [0.2, 0.25) is 0 Å². The molecule has 2 rings (SSSR count). The van der Waals surface area contributed by atoms with Crippen LogP contribution in [0.15, 0.2) is 36.4 Å². The molecule has 0 unspecified atom stereocenters. The number of anilines is 1. The summed E-state index contributed by atoms with van der Waals surface area (Å²) in [6, 6.07) is 7.66.